The molecule has 0 unspecified atom stereocenters. The van der Waals surface area contributed by atoms with Crippen molar-refractivity contribution >= 4 is 11.8 Å². The van der Waals surface area contributed by atoms with Crippen LogP contribution in [-0.4, -0.2) is 59.6 Å². The lowest BCUT2D eigenvalue weighted by molar-refractivity contribution is -0.132. The van der Waals surface area contributed by atoms with Crippen molar-refractivity contribution in [2.45, 2.75) is 12.8 Å². The molecule has 2 aliphatic rings. The Kier molecular flexibility index (Phi) is 4.51. The maximum absolute atomic E-state index is 12.5. The second kappa shape index (κ2) is 7.11. The second-order valence-electron chi connectivity index (χ2n) is 6.44. The molecular formula is C19H21N3O4. The summed E-state index contributed by atoms with van der Waals surface area (Å²) in [6, 6.07) is 9.36. The molecule has 0 aliphatic carbocycles. The molecule has 1 aromatic carbocycles. The van der Waals surface area contributed by atoms with Gasteiger partial charge in [-0.15, -0.1) is 0 Å². The molecule has 7 heteroatoms. The van der Waals surface area contributed by atoms with Gasteiger partial charge in [-0.3, -0.25) is 9.59 Å². The number of aromatic nitrogens is 1. The molecule has 0 atom stereocenters. The quantitative estimate of drug-likeness (QED) is 0.905. The summed E-state index contributed by atoms with van der Waals surface area (Å²) >= 11 is 0. The lowest BCUT2D eigenvalue weighted by Crippen LogP contribution is -2.50. The monoisotopic (exact) mass is 355 g/mol. The average Bonchev–Trinajstić information content (AvgIpc) is 3.37. The Labute approximate surface area is 151 Å². The summed E-state index contributed by atoms with van der Waals surface area (Å²) in [5, 5.41) is 0. The maximum Gasteiger partial charge on any atom is 0.270 e. The maximum atomic E-state index is 12.5. The number of hydrogen-bond acceptors (Lipinski definition) is 4. The Morgan fingerprint density at radius 3 is 2.54 bits per heavy atom. The fourth-order valence-electron chi connectivity index (χ4n) is 3.30. The van der Waals surface area contributed by atoms with Crippen molar-refractivity contribution in [3.63, 3.8) is 0 Å². The van der Waals surface area contributed by atoms with E-state index in [4.69, 9.17) is 9.47 Å². The molecule has 1 fully saturated rings. The van der Waals surface area contributed by atoms with Crippen LogP contribution in [0.3, 0.4) is 0 Å². The van der Waals surface area contributed by atoms with Crippen LogP contribution in [0.1, 0.15) is 22.5 Å². The molecule has 2 aliphatic heterocycles. The van der Waals surface area contributed by atoms with Gasteiger partial charge in [0, 0.05) is 38.8 Å². The molecule has 2 aromatic rings. The van der Waals surface area contributed by atoms with E-state index in [2.05, 4.69) is 4.98 Å². The Morgan fingerprint density at radius 2 is 1.77 bits per heavy atom. The first-order valence-electron chi connectivity index (χ1n) is 8.80. The summed E-state index contributed by atoms with van der Waals surface area (Å²) in [6.07, 6.45) is 2.85. The number of amides is 2. The van der Waals surface area contributed by atoms with E-state index in [9.17, 15) is 9.59 Å². The van der Waals surface area contributed by atoms with E-state index in [-0.39, 0.29) is 18.6 Å². The normalized spacial score (nSPS) is 16.0. The van der Waals surface area contributed by atoms with Crippen LogP contribution >= 0.6 is 0 Å². The molecule has 1 aromatic heterocycles. The van der Waals surface area contributed by atoms with Crippen molar-refractivity contribution in [3.8, 4) is 11.5 Å². The number of benzene rings is 1. The topological polar surface area (TPSA) is 74.9 Å². The van der Waals surface area contributed by atoms with Crippen LogP contribution in [0.5, 0.6) is 11.5 Å². The zero-order valence-electron chi connectivity index (χ0n) is 14.4. The Hall–Kier alpha value is -2.96. The van der Waals surface area contributed by atoms with Gasteiger partial charge in [0.15, 0.2) is 11.5 Å². The van der Waals surface area contributed by atoms with Crippen molar-refractivity contribution in [2.75, 3.05) is 33.0 Å². The van der Waals surface area contributed by atoms with Gasteiger partial charge in [0.2, 0.25) is 12.7 Å². The molecule has 0 saturated carbocycles. The summed E-state index contributed by atoms with van der Waals surface area (Å²) in [7, 11) is 0. The molecule has 1 saturated heterocycles. The van der Waals surface area contributed by atoms with Gasteiger partial charge in [0.25, 0.3) is 5.91 Å². The van der Waals surface area contributed by atoms with Crippen LogP contribution < -0.4 is 9.47 Å². The number of carbonyl (C=O) groups excluding carboxylic acids is 2. The van der Waals surface area contributed by atoms with Crippen molar-refractivity contribution in [3.05, 3.63) is 47.8 Å². The van der Waals surface area contributed by atoms with E-state index in [0.717, 1.165) is 17.1 Å². The van der Waals surface area contributed by atoms with Gasteiger partial charge in [0.1, 0.15) is 5.69 Å². The van der Waals surface area contributed by atoms with Gasteiger partial charge in [-0.25, -0.2) is 0 Å². The van der Waals surface area contributed by atoms with Crippen LogP contribution in [0.15, 0.2) is 36.5 Å². The van der Waals surface area contributed by atoms with Crippen LogP contribution in [0, 0.1) is 0 Å². The number of nitrogens with one attached hydrogen (secondary N) is 1. The predicted molar refractivity (Wildman–Crippen MR) is 94.2 cm³/mol. The zero-order valence-corrected chi connectivity index (χ0v) is 14.4. The number of nitrogens with zero attached hydrogens (tertiary/aromatic N) is 2. The number of rotatable bonds is 4. The number of H-pyrrole nitrogens is 1. The van der Waals surface area contributed by atoms with Crippen LogP contribution in [0.4, 0.5) is 0 Å². The molecule has 26 heavy (non-hydrogen) atoms. The second-order valence-corrected chi connectivity index (χ2v) is 6.44. The molecule has 1 N–H and O–H groups in total. The number of hydrogen-bond donors (Lipinski definition) is 1. The fourth-order valence-corrected chi connectivity index (χ4v) is 3.30. The molecular weight excluding hydrogens is 334 g/mol. The highest BCUT2D eigenvalue weighted by molar-refractivity contribution is 5.92. The predicted octanol–water partition coefficient (Wildman–Crippen LogP) is 1.66. The molecule has 0 radical (unpaired) electrons. The first-order valence-corrected chi connectivity index (χ1v) is 8.80. The van der Waals surface area contributed by atoms with Crippen LogP contribution in [0.25, 0.3) is 0 Å². The van der Waals surface area contributed by atoms with Gasteiger partial charge < -0.3 is 24.3 Å². The van der Waals surface area contributed by atoms with E-state index >= 15 is 0 Å². The molecule has 136 valence electrons. The van der Waals surface area contributed by atoms with Crippen LogP contribution in [-0.2, 0) is 11.2 Å². The highest BCUT2D eigenvalue weighted by Crippen LogP contribution is 2.32. The van der Waals surface area contributed by atoms with E-state index < -0.39 is 0 Å². The summed E-state index contributed by atoms with van der Waals surface area (Å²) in [5.74, 6) is 1.60. The number of carbonyl (C=O) groups is 2. The number of aryl methyl sites for hydroxylation is 1. The Morgan fingerprint density at radius 1 is 1.00 bits per heavy atom. The highest BCUT2D eigenvalue weighted by Gasteiger charge is 2.25. The number of fused-ring (bicyclic) bond motifs is 1. The van der Waals surface area contributed by atoms with Crippen molar-refractivity contribution < 1.29 is 19.1 Å². The molecule has 4 rings (SSSR count). The van der Waals surface area contributed by atoms with Gasteiger partial charge in [-0.05, 0) is 36.2 Å². The Balaban J connectivity index is 1.26. The minimum Gasteiger partial charge on any atom is -0.454 e. The number of aromatic amines is 1. The van der Waals surface area contributed by atoms with E-state index in [1.165, 1.54) is 0 Å². The minimum absolute atomic E-state index is 0.0116. The average molecular weight is 355 g/mol. The fraction of sp³-hybridized carbons (Fsp3) is 0.368. The standard InChI is InChI=1S/C19H21N3O4/c23-18(6-4-14-3-5-16-17(12-14)26-13-25-16)21-8-10-22(11-9-21)19(24)15-2-1-7-20-15/h1-3,5,7,12,20H,4,6,8-11,13H2. The number of piperazine rings is 1. The van der Waals surface area contributed by atoms with E-state index in [0.29, 0.717) is 44.7 Å². The molecule has 7 nitrogen and oxygen atoms in total. The van der Waals surface area contributed by atoms with Gasteiger partial charge in [-0.1, -0.05) is 6.07 Å². The Bertz CT molecular complexity index is 795. The lowest BCUT2D eigenvalue weighted by atomic mass is 10.1. The largest absolute Gasteiger partial charge is 0.454 e. The SMILES string of the molecule is O=C(CCc1ccc2c(c1)OCO2)N1CCN(C(=O)c2ccc[nH]2)CC1. The minimum atomic E-state index is -0.0116. The molecule has 2 amide bonds. The highest BCUT2D eigenvalue weighted by atomic mass is 16.7. The third kappa shape index (κ3) is 3.37. The van der Waals surface area contributed by atoms with Crippen molar-refractivity contribution in [1.82, 2.24) is 14.8 Å². The molecule has 0 bridgehead atoms. The number of ether oxygens (including phenoxy) is 2. The molecule has 3 heterocycles. The van der Waals surface area contributed by atoms with Crippen molar-refractivity contribution in [1.29, 1.82) is 0 Å². The van der Waals surface area contributed by atoms with Gasteiger partial charge in [-0.2, -0.15) is 0 Å². The summed E-state index contributed by atoms with van der Waals surface area (Å²) < 4.78 is 10.7. The summed E-state index contributed by atoms with van der Waals surface area (Å²) in [5.41, 5.74) is 1.65. The van der Waals surface area contributed by atoms with Crippen LogP contribution in [0.2, 0.25) is 0 Å². The third-order valence-corrected chi connectivity index (χ3v) is 4.81. The first kappa shape index (κ1) is 16.5. The first-order chi connectivity index (χ1) is 12.7. The third-order valence-electron chi connectivity index (χ3n) is 4.81. The summed E-state index contributed by atoms with van der Waals surface area (Å²) in [6.45, 7) is 2.53. The van der Waals surface area contributed by atoms with Gasteiger partial charge >= 0.3 is 0 Å². The lowest BCUT2D eigenvalue weighted by Gasteiger charge is -2.34. The van der Waals surface area contributed by atoms with Crippen molar-refractivity contribution in [2.24, 2.45) is 0 Å². The van der Waals surface area contributed by atoms with E-state index in [1.54, 1.807) is 17.2 Å². The van der Waals surface area contributed by atoms with E-state index in [1.807, 2.05) is 29.2 Å². The molecule has 0 spiro atoms. The smallest absolute Gasteiger partial charge is 0.270 e. The van der Waals surface area contributed by atoms with Gasteiger partial charge in [0.05, 0.1) is 0 Å². The zero-order chi connectivity index (χ0) is 17.9. The summed E-state index contributed by atoms with van der Waals surface area (Å²) in [4.78, 5) is 31.3.